The Morgan fingerprint density at radius 1 is 1.16 bits per heavy atom. The van der Waals surface area contributed by atoms with Crippen LogP contribution in [0.2, 0.25) is 0 Å². The summed E-state index contributed by atoms with van der Waals surface area (Å²) in [6.07, 6.45) is 4.29. The van der Waals surface area contributed by atoms with E-state index in [0.717, 1.165) is 18.4 Å². The highest BCUT2D eigenvalue weighted by Gasteiger charge is 2.41. The first-order valence-corrected chi connectivity index (χ1v) is 11.8. The number of fused-ring (bicyclic) bond motifs is 1. The highest BCUT2D eigenvalue weighted by Crippen LogP contribution is 2.40. The summed E-state index contributed by atoms with van der Waals surface area (Å²) < 4.78 is 28.4. The lowest BCUT2D eigenvalue weighted by Crippen LogP contribution is -2.16. The van der Waals surface area contributed by atoms with Gasteiger partial charge in [0.15, 0.2) is 5.52 Å². The molecule has 2 saturated carbocycles. The van der Waals surface area contributed by atoms with Crippen LogP contribution < -0.4 is 10.1 Å². The highest BCUT2D eigenvalue weighted by molar-refractivity contribution is 7.79. The first-order valence-electron chi connectivity index (χ1n) is 10.7. The molecule has 1 aromatic carbocycles. The number of hydrogen-bond acceptors (Lipinski definition) is 7. The zero-order chi connectivity index (χ0) is 22.3. The quantitative estimate of drug-likeness (QED) is 0.448. The number of hydrogen-bond donors (Lipinski definition) is 1. The van der Waals surface area contributed by atoms with Gasteiger partial charge in [-0.15, -0.1) is 0 Å². The van der Waals surface area contributed by atoms with Crippen LogP contribution in [0.25, 0.3) is 11.0 Å². The maximum Gasteiger partial charge on any atom is 0.246 e. The molecule has 0 radical (unpaired) electrons. The Balaban J connectivity index is 1.45. The van der Waals surface area contributed by atoms with E-state index in [1.165, 1.54) is 12.8 Å². The Bertz CT molecular complexity index is 1260. The molecule has 2 heterocycles. The average molecular weight is 448 g/mol. The fourth-order valence-corrected chi connectivity index (χ4v) is 3.61. The summed E-state index contributed by atoms with van der Waals surface area (Å²) in [6, 6.07) is 10.3. The van der Waals surface area contributed by atoms with Gasteiger partial charge >= 0.3 is 0 Å². The van der Waals surface area contributed by atoms with Crippen LogP contribution in [0.3, 0.4) is 0 Å². The molecule has 0 aliphatic heterocycles. The predicted molar refractivity (Wildman–Crippen MR) is 121 cm³/mol. The second-order valence-corrected chi connectivity index (χ2v) is 9.62. The van der Waals surface area contributed by atoms with Gasteiger partial charge < -0.3 is 14.6 Å². The second kappa shape index (κ2) is 8.15. The monoisotopic (exact) mass is 447 g/mol. The van der Waals surface area contributed by atoms with Crippen LogP contribution in [-0.2, 0) is 11.1 Å². The zero-order valence-electron chi connectivity index (χ0n) is 17.9. The number of rotatable bonds is 6. The van der Waals surface area contributed by atoms with E-state index in [0.29, 0.717) is 34.5 Å². The minimum absolute atomic E-state index is 0.136. The standard InChI is InChI=1S/C24H24N4O3S/c1-15(17-6-10-19(11-7-17)32(29)30)25-23-27-20-12-9-18(8-5-16-3-4-16)26-21(20)22(28-23)31-24(2)13-14-24/h6-7,9-12,15-16H,3-4,13-14H2,1-2H3,(H,29,30)(H,25,27,28)/p-1. The van der Waals surface area contributed by atoms with Crippen LogP contribution in [0.1, 0.15) is 56.8 Å². The van der Waals surface area contributed by atoms with Crippen LogP contribution in [0.4, 0.5) is 5.95 Å². The molecule has 2 aromatic heterocycles. The van der Waals surface area contributed by atoms with E-state index in [1.54, 1.807) is 24.3 Å². The third-order valence-corrected chi connectivity index (χ3v) is 6.36. The fraction of sp³-hybridized carbons (Fsp3) is 0.375. The van der Waals surface area contributed by atoms with Gasteiger partial charge in [0.25, 0.3) is 0 Å². The molecule has 2 atom stereocenters. The molecule has 0 saturated heterocycles. The first kappa shape index (κ1) is 20.9. The molecule has 0 amide bonds. The lowest BCUT2D eigenvalue weighted by Gasteiger charge is -2.18. The van der Waals surface area contributed by atoms with E-state index in [2.05, 4.69) is 39.0 Å². The Kier molecular flexibility index (Phi) is 5.31. The molecule has 5 rings (SSSR count). The summed E-state index contributed by atoms with van der Waals surface area (Å²) in [5, 5.41) is 3.30. The van der Waals surface area contributed by atoms with Crippen LogP contribution >= 0.6 is 0 Å². The Morgan fingerprint density at radius 3 is 2.56 bits per heavy atom. The van der Waals surface area contributed by atoms with E-state index in [1.807, 2.05) is 19.1 Å². The Hall–Kier alpha value is -3.02. The van der Waals surface area contributed by atoms with Gasteiger partial charge in [-0.25, -0.2) is 9.97 Å². The van der Waals surface area contributed by atoms with Crippen molar-refractivity contribution in [1.29, 1.82) is 0 Å². The summed E-state index contributed by atoms with van der Waals surface area (Å²) >= 11 is -2.24. The maximum absolute atomic E-state index is 11.1. The summed E-state index contributed by atoms with van der Waals surface area (Å²) in [5.74, 6) is 7.78. The Morgan fingerprint density at radius 2 is 1.91 bits per heavy atom. The number of aromatic nitrogens is 3. The number of anilines is 1. The van der Waals surface area contributed by atoms with Gasteiger partial charge in [-0.1, -0.05) is 18.1 Å². The van der Waals surface area contributed by atoms with Gasteiger partial charge in [-0.05, 0) is 86.4 Å². The van der Waals surface area contributed by atoms with E-state index in [9.17, 15) is 8.76 Å². The van der Waals surface area contributed by atoms with E-state index < -0.39 is 11.1 Å². The average Bonchev–Trinajstić information content (AvgIpc) is 3.71. The van der Waals surface area contributed by atoms with Crippen molar-refractivity contribution in [3.63, 3.8) is 0 Å². The van der Waals surface area contributed by atoms with Crippen LogP contribution in [0.5, 0.6) is 5.88 Å². The molecule has 2 unspecified atom stereocenters. The van der Waals surface area contributed by atoms with Crippen LogP contribution in [0.15, 0.2) is 41.3 Å². The molecule has 8 heteroatoms. The summed E-state index contributed by atoms with van der Waals surface area (Å²) in [6.45, 7) is 4.03. The van der Waals surface area contributed by atoms with Gasteiger partial charge in [-0.2, -0.15) is 4.98 Å². The van der Waals surface area contributed by atoms with Gasteiger partial charge in [0.05, 0.1) is 11.6 Å². The minimum atomic E-state index is -2.24. The molecule has 2 fully saturated rings. The third-order valence-electron chi connectivity index (χ3n) is 5.71. The topological polar surface area (TPSA) is 100 Å². The lowest BCUT2D eigenvalue weighted by atomic mass is 10.1. The van der Waals surface area contributed by atoms with E-state index >= 15 is 0 Å². The predicted octanol–water partition coefficient (Wildman–Crippen LogP) is 4.13. The van der Waals surface area contributed by atoms with Crippen molar-refractivity contribution < 1.29 is 13.5 Å². The van der Waals surface area contributed by atoms with E-state index in [4.69, 9.17) is 4.74 Å². The van der Waals surface area contributed by atoms with Gasteiger partial charge in [0.2, 0.25) is 11.8 Å². The number of nitrogens with zero attached hydrogens (tertiary/aromatic N) is 3. The maximum atomic E-state index is 11.1. The number of benzene rings is 1. The summed E-state index contributed by atoms with van der Waals surface area (Å²) in [5.41, 5.74) is 2.70. The lowest BCUT2D eigenvalue weighted by molar-refractivity contribution is 0.194. The smallest absolute Gasteiger partial charge is 0.246 e. The molecule has 1 N–H and O–H groups in total. The largest absolute Gasteiger partial charge is 0.768 e. The molecule has 164 valence electrons. The fourth-order valence-electron chi connectivity index (χ4n) is 3.25. The number of pyridine rings is 1. The Labute approximate surface area is 189 Å². The molecular formula is C24H23N4O3S-. The highest BCUT2D eigenvalue weighted by atomic mass is 32.2. The van der Waals surface area contributed by atoms with Crippen molar-refractivity contribution in [2.24, 2.45) is 5.92 Å². The normalized spacial score (nSPS) is 18.3. The molecular weight excluding hydrogens is 424 g/mol. The van der Waals surface area contributed by atoms with Crippen molar-refractivity contribution in [2.75, 3.05) is 5.32 Å². The van der Waals surface area contributed by atoms with Crippen molar-refractivity contribution in [1.82, 2.24) is 15.0 Å². The van der Waals surface area contributed by atoms with Gasteiger partial charge in [0.1, 0.15) is 11.3 Å². The molecule has 2 aliphatic rings. The van der Waals surface area contributed by atoms with Gasteiger partial charge in [-0.3, -0.25) is 4.21 Å². The first-order chi connectivity index (χ1) is 15.4. The molecule has 32 heavy (non-hydrogen) atoms. The van der Waals surface area contributed by atoms with Gasteiger partial charge in [0, 0.05) is 10.8 Å². The summed E-state index contributed by atoms with van der Waals surface area (Å²) in [4.78, 5) is 14.2. The van der Waals surface area contributed by atoms with Crippen molar-refractivity contribution in [3.8, 4) is 17.7 Å². The minimum Gasteiger partial charge on any atom is -0.768 e. The van der Waals surface area contributed by atoms with Crippen molar-refractivity contribution >= 4 is 28.1 Å². The molecule has 0 bridgehead atoms. The van der Waals surface area contributed by atoms with E-state index in [-0.39, 0.29) is 16.5 Å². The summed E-state index contributed by atoms with van der Waals surface area (Å²) in [7, 11) is 0. The third kappa shape index (κ3) is 4.74. The second-order valence-electron chi connectivity index (χ2n) is 8.68. The van der Waals surface area contributed by atoms with Crippen LogP contribution in [-0.4, -0.2) is 29.3 Å². The SMILES string of the molecule is CC(Nc1nc(OC2(C)CC2)c2nc(C#CC3CC3)ccc2n1)c1ccc(S(=O)[O-])cc1. The van der Waals surface area contributed by atoms with Crippen LogP contribution in [0, 0.1) is 17.8 Å². The van der Waals surface area contributed by atoms with Crippen molar-refractivity contribution in [3.05, 3.63) is 47.7 Å². The molecule has 3 aromatic rings. The molecule has 2 aliphatic carbocycles. The number of ether oxygens (including phenoxy) is 1. The zero-order valence-corrected chi connectivity index (χ0v) is 18.7. The number of nitrogens with one attached hydrogen (secondary N) is 1. The molecule has 7 nitrogen and oxygen atoms in total. The van der Waals surface area contributed by atoms with Crippen molar-refractivity contribution in [2.45, 2.75) is 56.1 Å². The molecule has 0 spiro atoms.